The number of rotatable bonds is 5. The minimum Gasteiger partial charge on any atom is -0.462 e. The highest BCUT2D eigenvalue weighted by Gasteiger charge is 2.19. The molecule has 3 nitrogen and oxygen atoms in total. The van der Waals surface area contributed by atoms with E-state index in [-0.39, 0.29) is 11.3 Å². The van der Waals surface area contributed by atoms with Crippen LogP contribution < -0.4 is 9.47 Å². The Labute approximate surface area is 166 Å². The van der Waals surface area contributed by atoms with E-state index in [0.717, 1.165) is 23.8 Å². The van der Waals surface area contributed by atoms with E-state index in [0.29, 0.717) is 11.1 Å². The zero-order valence-electron chi connectivity index (χ0n) is 15.7. The van der Waals surface area contributed by atoms with Gasteiger partial charge in [0.15, 0.2) is 11.5 Å². The van der Waals surface area contributed by atoms with E-state index in [2.05, 4.69) is 0 Å². The summed E-state index contributed by atoms with van der Waals surface area (Å²) in [5.41, 5.74) is 1.86. The van der Waals surface area contributed by atoms with Gasteiger partial charge in [0.1, 0.15) is 5.82 Å². The second-order valence-electron chi connectivity index (χ2n) is 6.23. The van der Waals surface area contributed by atoms with E-state index < -0.39 is 29.2 Å². The molecule has 0 bridgehead atoms. The molecule has 0 aliphatic carbocycles. The highest BCUT2D eigenvalue weighted by molar-refractivity contribution is 5.91. The van der Waals surface area contributed by atoms with Crippen LogP contribution in [0.5, 0.6) is 11.5 Å². The lowest BCUT2D eigenvalue weighted by Gasteiger charge is -2.10. The zero-order chi connectivity index (χ0) is 21.0. The van der Waals surface area contributed by atoms with Crippen molar-refractivity contribution in [3.63, 3.8) is 0 Å². The first-order valence-corrected chi connectivity index (χ1v) is 8.75. The molecule has 0 radical (unpaired) electrons. The van der Waals surface area contributed by atoms with Crippen LogP contribution in [0.1, 0.15) is 22.8 Å². The Morgan fingerprint density at radius 1 is 0.897 bits per heavy atom. The van der Waals surface area contributed by atoms with Crippen LogP contribution in [-0.2, 0) is 0 Å². The fourth-order valence-corrected chi connectivity index (χ4v) is 2.59. The summed E-state index contributed by atoms with van der Waals surface area (Å²) in [7, 11) is 0. The molecule has 0 aromatic heterocycles. The third kappa shape index (κ3) is 4.48. The topological polar surface area (TPSA) is 35.5 Å². The maximum atomic E-state index is 14.5. The van der Waals surface area contributed by atoms with Crippen molar-refractivity contribution in [1.82, 2.24) is 0 Å². The van der Waals surface area contributed by atoms with E-state index in [9.17, 15) is 18.0 Å². The molecule has 0 N–H and O–H groups in total. The van der Waals surface area contributed by atoms with Gasteiger partial charge in [0.05, 0.1) is 11.8 Å². The third-order valence-corrected chi connectivity index (χ3v) is 4.11. The SMILES string of the molecule is C/C=C/Oc1ccc(OC(=O)c2ccc(-c3ccc(C)cc3)c(F)c2)c(F)c1F. The first-order valence-electron chi connectivity index (χ1n) is 8.75. The lowest BCUT2D eigenvalue weighted by molar-refractivity contribution is 0.0726. The van der Waals surface area contributed by atoms with Gasteiger partial charge in [0.25, 0.3) is 0 Å². The lowest BCUT2D eigenvalue weighted by atomic mass is 10.0. The van der Waals surface area contributed by atoms with Gasteiger partial charge in [0.2, 0.25) is 11.6 Å². The molecule has 3 aromatic carbocycles. The standard InChI is InChI=1S/C23H17F3O3/c1-3-12-28-19-10-11-20(22(26)21(19)25)29-23(27)16-8-9-17(18(24)13-16)15-6-4-14(2)5-7-15/h3-13H,1-2H3/b12-3+. The Balaban J connectivity index is 1.82. The Hall–Kier alpha value is -3.54. The molecule has 0 heterocycles. The summed E-state index contributed by atoms with van der Waals surface area (Å²) in [6.07, 6.45) is 2.68. The molecule has 0 fully saturated rings. The minimum atomic E-state index is -1.38. The molecule has 0 aliphatic rings. The number of ether oxygens (including phenoxy) is 2. The smallest absolute Gasteiger partial charge is 0.343 e. The molecule has 0 aliphatic heterocycles. The molecule has 0 saturated carbocycles. The van der Waals surface area contributed by atoms with Crippen LogP contribution in [0, 0.1) is 24.4 Å². The Bertz CT molecular complexity index is 1070. The van der Waals surface area contributed by atoms with Gasteiger partial charge >= 0.3 is 5.97 Å². The summed E-state index contributed by atoms with van der Waals surface area (Å²) >= 11 is 0. The predicted octanol–water partition coefficient (Wildman–Crippen LogP) is 6.21. The second-order valence-corrected chi connectivity index (χ2v) is 6.23. The maximum Gasteiger partial charge on any atom is 0.343 e. The predicted molar refractivity (Wildman–Crippen MR) is 103 cm³/mol. The molecule has 148 valence electrons. The summed E-state index contributed by atoms with van der Waals surface area (Å²) in [4.78, 5) is 12.3. The summed E-state index contributed by atoms with van der Waals surface area (Å²) < 4.78 is 52.4. The van der Waals surface area contributed by atoms with Crippen molar-refractivity contribution in [2.45, 2.75) is 13.8 Å². The molecule has 0 amide bonds. The van der Waals surface area contributed by atoms with E-state index in [4.69, 9.17) is 9.47 Å². The van der Waals surface area contributed by atoms with E-state index in [1.165, 1.54) is 24.5 Å². The van der Waals surface area contributed by atoms with E-state index in [1.54, 1.807) is 19.1 Å². The molecular weight excluding hydrogens is 381 g/mol. The van der Waals surface area contributed by atoms with Crippen LogP contribution in [0.15, 0.2) is 66.9 Å². The Morgan fingerprint density at radius 2 is 1.55 bits per heavy atom. The summed E-state index contributed by atoms with van der Waals surface area (Å²) in [6, 6.07) is 13.2. The van der Waals surface area contributed by atoms with E-state index in [1.807, 2.05) is 19.1 Å². The van der Waals surface area contributed by atoms with Gasteiger partial charge < -0.3 is 9.47 Å². The number of halogens is 3. The lowest BCUT2D eigenvalue weighted by Crippen LogP contribution is -2.11. The summed E-state index contributed by atoms with van der Waals surface area (Å²) in [6.45, 7) is 3.56. The number of carbonyl (C=O) groups is 1. The highest BCUT2D eigenvalue weighted by atomic mass is 19.2. The first-order chi connectivity index (χ1) is 13.9. The first kappa shape index (κ1) is 20.2. The van der Waals surface area contributed by atoms with Gasteiger partial charge in [-0.2, -0.15) is 8.78 Å². The van der Waals surface area contributed by atoms with Crippen LogP contribution in [0.4, 0.5) is 13.2 Å². The van der Waals surface area contributed by atoms with Crippen molar-refractivity contribution in [3.8, 4) is 22.6 Å². The highest BCUT2D eigenvalue weighted by Crippen LogP contribution is 2.29. The number of hydrogen-bond acceptors (Lipinski definition) is 3. The normalized spacial score (nSPS) is 10.9. The zero-order valence-corrected chi connectivity index (χ0v) is 15.7. The van der Waals surface area contributed by atoms with Crippen LogP contribution >= 0.6 is 0 Å². The molecule has 3 rings (SSSR count). The van der Waals surface area contributed by atoms with Crippen molar-refractivity contribution >= 4 is 5.97 Å². The number of allylic oxidation sites excluding steroid dienone is 1. The van der Waals surface area contributed by atoms with Crippen molar-refractivity contribution in [1.29, 1.82) is 0 Å². The number of esters is 1. The van der Waals surface area contributed by atoms with Crippen LogP contribution in [-0.4, -0.2) is 5.97 Å². The average Bonchev–Trinajstić information content (AvgIpc) is 2.71. The number of aryl methyl sites for hydroxylation is 1. The Kier molecular flexibility index (Phi) is 6.02. The van der Waals surface area contributed by atoms with Gasteiger partial charge in [-0.15, -0.1) is 0 Å². The maximum absolute atomic E-state index is 14.5. The van der Waals surface area contributed by atoms with Crippen molar-refractivity contribution in [2.24, 2.45) is 0 Å². The van der Waals surface area contributed by atoms with Crippen LogP contribution in [0.25, 0.3) is 11.1 Å². The molecule has 29 heavy (non-hydrogen) atoms. The van der Waals surface area contributed by atoms with Crippen molar-refractivity contribution < 1.29 is 27.4 Å². The summed E-state index contributed by atoms with van der Waals surface area (Å²) in [5, 5.41) is 0. The van der Waals surface area contributed by atoms with Crippen molar-refractivity contribution in [2.75, 3.05) is 0 Å². The van der Waals surface area contributed by atoms with Gasteiger partial charge in [-0.3, -0.25) is 0 Å². The Morgan fingerprint density at radius 3 is 2.21 bits per heavy atom. The third-order valence-electron chi connectivity index (χ3n) is 4.11. The van der Waals surface area contributed by atoms with Gasteiger partial charge in [0, 0.05) is 5.56 Å². The molecule has 0 saturated heterocycles. The minimum absolute atomic E-state index is 0.132. The quantitative estimate of drug-likeness (QED) is 0.291. The molecule has 0 unspecified atom stereocenters. The molecule has 0 atom stereocenters. The number of benzene rings is 3. The fraction of sp³-hybridized carbons (Fsp3) is 0.0870. The average molecular weight is 398 g/mol. The van der Waals surface area contributed by atoms with Gasteiger partial charge in [-0.1, -0.05) is 42.0 Å². The molecule has 0 spiro atoms. The number of hydrogen-bond donors (Lipinski definition) is 0. The largest absolute Gasteiger partial charge is 0.462 e. The fourth-order valence-electron chi connectivity index (χ4n) is 2.59. The molecule has 3 aromatic rings. The summed E-state index contributed by atoms with van der Waals surface area (Å²) in [5.74, 6) is -5.30. The molecular formula is C23H17F3O3. The number of carbonyl (C=O) groups excluding carboxylic acids is 1. The van der Waals surface area contributed by atoms with Crippen LogP contribution in [0.2, 0.25) is 0 Å². The van der Waals surface area contributed by atoms with E-state index >= 15 is 0 Å². The monoisotopic (exact) mass is 398 g/mol. The van der Waals surface area contributed by atoms with Gasteiger partial charge in [-0.05, 0) is 43.7 Å². The van der Waals surface area contributed by atoms with Crippen LogP contribution in [0.3, 0.4) is 0 Å². The van der Waals surface area contributed by atoms with Gasteiger partial charge in [-0.25, -0.2) is 9.18 Å². The second kappa shape index (κ2) is 8.65. The van der Waals surface area contributed by atoms with Crippen molar-refractivity contribution in [3.05, 3.63) is 95.5 Å². The molecule has 6 heteroatoms.